The van der Waals surface area contributed by atoms with Crippen molar-refractivity contribution >= 4 is 17.5 Å². The summed E-state index contributed by atoms with van der Waals surface area (Å²) < 4.78 is 5.15. The van der Waals surface area contributed by atoms with Crippen molar-refractivity contribution in [2.45, 2.75) is 31.7 Å². The topological polar surface area (TPSA) is 81.3 Å². The first-order valence-corrected chi connectivity index (χ1v) is 9.39. The number of pyridine rings is 2. The van der Waals surface area contributed by atoms with Crippen LogP contribution in [-0.2, 0) is 10.3 Å². The predicted octanol–water partition coefficient (Wildman–Crippen LogP) is 2.96. The predicted molar refractivity (Wildman–Crippen MR) is 105 cm³/mol. The van der Waals surface area contributed by atoms with E-state index in [1.165, 1.54) is 0 Å². The van der Waals surface area contributed by atoms with Crippen LogP contribution in [0.2, 0.25) is 5.02 Å². The molecule has 2 aromatic rings. The molecule has 0 aromatic carbocycles. The number of rotatable bonds is 5. The fraction of sp³-hybridized carbons (Fsp3) is 0.450. The zero-order valence-electron chi connectivity index (χ0n) is 15.9. The van der Waals surface area contributed by atoms with E-state index < -0.39 is 11.4 Å². The fourth-order valence-corrected chi connectivity index (χ4v) is 3.93. The highest BCUT2D eigenvalue weighted by atomic mass is 35.5. The third-order valence-corrected chi connectivity index (χ3v) is 5.66. The third-order valence-electron chi connectivity index (χ3n) is 5.44. The van der Waals surface area contributed by atoms with E-state index in [2.05, 4.69) is 21.8 Å². The Kier molecular flexibility index (Phi) is 5.67. The summed E-state index contributed by atoms with van der Waals surface area (Å²) in [6.07, 6.45) is 4.42. The first-order chi connectivity index (χ1) is 12.8. The highest BCUT2D eigenvalue weighted by Gasteiger charge is 2.44. The Bertz CT molecular complexity index is 797. The fourth-order valence-electron chi connectivity index (χ4n) is 3.82. The maximum atomic E-state index is 12.5. The van der Waals surface area contributed by atoms with Gasteiger partial charge in [0.1, 0.15) is 5.54 Å². The molecule has 0 saturated carbocycles. The Balaban J connectivity index is 1.92. The van der Waals surface area contributed by atoms with E-state index in [0.29, 0.717) is 29.1 Å². The number of aromatic nitrogens is 2. The molecule has 0 aliphatic carbocycles. The molecule has 1 saturated heterocycles. The molecule has 27 heavy (non-hydrogen) atoms. The van der Waals surface area contributed by atoms with E-state index in [-0.39, 0.29) is 5.92 Å². The van der Waals surface area contributed by atoms with Crippen molar-refractivity contribution < 1.29 is 9.53 Å². The van der Waals surface area contributed by atoms with Gasteiger partial charge in [0.25, 0.3) is 0 Å². The van der Waals surface area contributed by atoms with Gasteiger partial charge in [-0.3, -0.25) is 14.7 Å². The summed E-state index contributed by atoms with van der Waals surface area (Å²) in [6, 6.07) is 7.42. The monoisotopic (exact) mass is 388 g/mol. The number of ether oxygens (including phenoxy) is 1. The second-order valence-electron chi connectivity index (χ2n) is 7.37. The lowest BCUT2D eigenvalue weighted by molar-refractivity contribution is -0.132. The summed E-state index contributed by atoms with van der Waals surface area (Å²) in [4.78, 5) is 23.4. The van der Waals surface area contributed by atoms with Crippen LogP contribution in [0, 0.1) is 5.92 Å². The average molecular weight is 389 g/mol. The molecule has 1 aliphatic heterocycles. The molecule has 0 bridgehead atoms. The Labute approximate surface area is 164 Å². The molecule has 3 heterocycles. The Morgan fingerprint density at radius 3 is 2.59 bits per heavy atom. The smallest absolute Gasteiger partial charge is 0.243 e. The van der Waals surface area contributed by atoms with Crippen molar-refractivity contribution in [3.63, 3.8) is 0 Å². The molecule has 0 spiro atoms. The van der Waals surface area contributed by atoms with E-state index in [0.717, 1.165) is 18.5 Å². The maximum absolute atomic E-state index is 12.5. The summed E-state index contributed by atoms with van der Waals surface area (Å²) in [6.45, 7) is 5.49. The molecule has 1 aliphatic rings. The van der Waals surface area contributed by atoms with Gasteiger partial charge in [-0.1, -0.05) is 24.6 Å². The lowest BCUT2D eigenvalue weighted by Crippen LogP contribution is -2.57. The van der Waals surface area contributed by atoms with Gasteiger partial charge in [-0.05, 0) is 42.9 Å². The number of primary amides is 1. The molecule has 1 fully saturated rings. The third kappa shape index (κ3) is 3.92. The molecule has 7 heteroatoms. The minimum Gasteiger partial charge on any atom is -0.481 e. The lowest BCUT2D eigenvalue weighted by atomic mass is 9.82. The Morgan fingerprint density at radius 2 is 2.04 bits per heavy atom. The second kappa shape index (κ2) is 7.82. The minimum atomic E-state index is -1.00. The van der Waals surface area contributed by atoms with Crippen LogP contribution in [-0.4, -0.2) is 41.0 Å². The van der Waals surface area contributed by atoms with Crippen molar-refractivity contribution in [3.8, 4) is 5.88 Å². The van der Waals surface area contributed by atoms with Gasteiger partial charge in [0.05, 0.1) is 17.8 Å². The lowest BCUT2D eigenvalue weighted by Gasteiger charge is -2.45. The van der Waals surface area contributed by atoms with Gasteiger partial charge >= 0.3 is 0 Å². The van der Waals surface area contributed by atoms with Crippen LogP contribution in [0.25, 0.3) is 0 Å². The van der Waals surface area contributed by atoms with Gasteiger partial charge in [-0.25, -0.2) is 4.98 Å². The number of carbonyl (C=O) groups is 1. The Morgan fingerprint density at radius 1 is 1.26 bits per heavy atom. The maximum Gasteiger partial charge on any atom is 0.243 e. The van der Waals surface area contributed by atoms with Crippen molar-refractivity contribution in [3.05, 3.63) is 52.9 Å². The quantitative estimate of drug-likeness (QED) is 0.851. The zero-order valence-corrected chi connectivity index (χ0v) is 16.6. The normalized spacial score (nSPS) is 22.8. The SMILES string of the molecule is COc1ccc(C2CC(C)CN(C(C)(C(N)=O)c3ccc(Cl)cn3)C2)cn1. The summed E-state index contributed by atoms with van der Waals surface area (Å²) in [5.74, 6) is 0.819. The van der Waals surface area contributed by atoms with E-state index in [1.54, 1.807) is 25.4 Å². The van der Waals surface area contributed by atoms with Crippen molar-refractivity contribution in [2.75, 3.05) is 20.2 Å². The summed E-state index contributed by atoms with van der Waals surface area (Å²) in [5, 5.41) is 0.528. The summed E-state index contributed by atoms with van der Waals surface area (Å²) in [5.41, 5.74) is 6.59. The number of hydrogen-bond acceptors (Lipinski definition) is 5. The van der Waals surface area contributed by atoms with Crippen LogP contribution in [0.5, 0.6) is 5.88 Å². The van der Waals surface area contributed by atoms with Crippen molar-refractivity contribution in [2.24, 2.45) is 11.7 Å². The van der Waals surface area contributed by atoms with Crippen LogP contribution in [0.3, 0.4) is 0 Å². The number of nitrogens with zero attached hydrogens (tertiary/aromatic N) is 3. The molecule has 3 rings (SSSR count). The van der Waals surface area contributed by atoms with Gasteiger partial charge in [0.2, 0.25) is 11.8 Å². The molecule has 2 aromatic heterocycles. The number of piperidine rings is 1. The number of hydrogen-bond donors (Lipinski definition) is 1. The molecule has 2 N–H and O–H groups in total. The highest BCUT2D eigenvalue weighted by Crippen LogP contribution is 2.37. The second-order valence-corrected chi connectivity index (χ2v) is 7.81. The van der Waals surface area contributed by atoms with Gasteiger partial charge in [-0.2, -0.15) is 0 Å². The minimum absolute atomic E-state index is 0.248. The first-order valence-electron chi connectivity index (χ1n) is 9.01. The molecular weight excluding hydrogens is 364 g/mol. The van der Waals surface area contributed by atoms with Gasteiger partial charge in [0, 0.05) is 31.5 Å². The molecule has 144 valence electrons. The van der Waals surface area contributed by atoms with E-state index in [4.69, 9.17) is 22.1 Å². The Hall–Kier alpha value is -2.18. The molecule has 3 unspecified atom stereocenters. The van der Waals surface area contributed by atoms with E-state index >= 15 is 0 Å². The summed E-state index contributed by atoms with van der Waals surface area (Å²) >= 11 is 5.97. The number of carbonyl (C=O) groups excluding carboxylic acids is 1. The van der Waals surface area contributed by atoms with Crippen LogP contribution in [0.1, 0.15) is 37.4 Å². The highest BCUT2D eigenvalue weighted by molar-refractivity contribution is 6.30. The van der Waals surface area contributed by atoms with Gasteiger partial charge in [0.15, 0.2) is 0 Å². The number of likely N-dealkylation sites (tertiary alicyclic amines) is 1. The molecule has 1 amide bonds. The average Bonchev–Trinajstić information content (AvgIpc) is 2.67. The van der Waals surface area contributed by atoms with Gasteiger partial charge in [-0.15, -0.1) is 0 Å². The van der Waals surface area contributed by atoms with Crippen molar-refractivity contribution in [1.82, 2.24) is 14.9 Å². The molecule has 6 nitrogen and oxygen atoms in total. The summed E-state index contributed by atoms with van der Waals surface area (Å²) in [7, 11) is 1.60. The van der Waals surface area contributed by atoms with Crippen LogP contribution >= 0.6 is 11.6 Å². The standard InChI is InChI=1S/C20H25ClN4O2/c1-13-8-15(14-4-7-18(27-3)24-9-14)12-25(11-13)20(2,19(22)26)17-6-5-16(21)10-23-17/h4-7,9-10,13,15H,8,11-12H2,1-3H3,(H2,22,26). The van der Waals surface area contributed by atoms with E-state index in [1.807, 2.05) is 25.3 Å². The molecular formula is C20H25ClN4O2. The van der Waals surface area contributed by atoms with Crippen LogP contribution in [0.15, 0.2) is 36.7 Å². The largest absolute Gasteiger partial charge is 0.481 e. The van der Waals surface area contributed by atoms with Crippen LogP contribution < -0.4 is 10.5 Å². The number of amides is 1. The van der Waals surface area contributed by atoms with Gasteiger partial charge < -0.3 is 10.5 Å². The van der Waals surface area contributed by atoms with Crippen LogP contribution in [0.4, 0.5) is 0 Å². The number of nitrogens with two attached hydrogens (primary N) is 1. The zero-order chi connectivity index (χ0) is 19.6. The molecule has 0 radical (unpaired) electrons. The first kappa shape index (κ1) is 19.6. The molecule has 3 atom stereocenters. The van der Waals surface area contributed by atoms with Crippen molar-refractivity contribution in [1.29, 1.82) is 0 Å². The number of methoxy groups -OCH3 is 1. The number of halogens is 1. The van der Waals surface area contributed by atoms with E-state index in [9.17, 15) is 4.79 Å².